The van der Waals surface area contributed by atoms with Gasteiger partial charge in [0.2, 0.25) is 5.91 Å². The third kappa shape index (κ3) is 4.73. The summed E-state index contributed by atoms with van der Waals surface area (Å²) >= 11 is 0. The number of hydrogen-bond acceptors (Lipinski definition) is 3. The fourth-order valence-corrected chi connectivity index (χ4v) is 3.65. The molecule has 1 aromatic rings. The lowest BCUT2D eigenvalue weighted by Gasteiger charge is -2.32. The van der Waals surface area contributed by atoms with E-state index in [4.69, 9.17) is 0 Å². The lowest BCUT2D eigenvalue weighted by Crippen LogP contribution is -2.38. The van der Waals surface area contributed by atoms with Gasteiger partial charge in [0.1, 0.15) is 0 Å². The van der Waals surface area contributed by atoms with Crippen LogP contribution in [0.5, 0.6) is 0 Å². The number of nitrogens with zero attached hydrogens (tertiary/aromatic N) is 2. The van der Waals surface area contributed by atoms with Crippen LogP contribution in [0.2, 0.25) is 0 Å². The molecule has 4 heteroatoms. The first kappa shape index (κ1) is 17.3. The van der Waals surface area contributed by atoms with Gasteiger partial charge < -0.3 is 10.2 Å². The zero-order valence-electron chi connectivity index (χ0n) is 15.1. The molecular weight excluding hydrogens is 298 g/mol. The van der Waals surface area contributed by atoms with Gasteiger partial charge in [0.25, 0.3) is 0 Å². The Morgan fingerprint density at radius 1 is 0.958 bits per heavy atom. The van der Waals surface area contributed by atoms with Crippen molar-refractivity contribution in [3.8, 4) is 0 Å². The molecule has 2 aliphatic heterocycles. The van der Waals surface area contributed by atoms with Gasteiger partial charge in [0.15, 0.2) is 0 Å². The quantitative estimate of drug-likeness (QED) is 0.917. The van der Waals surface area contributed by atoms with Crippen molar-refractivity contribution in [3.63, 3.8) is 0 Å². The monoisotopic (exact) mass is 329 g/mol. The molecule has 0 bridgehead atoms. The molecule has 1 amide bonds. The van der Waals surface area contributed by atoms with Crippen LogP contribution in [0.15, 0.2) is 24.3 Å². The highest BCUT2D eigenvalue weighted by Crippen LogP contribution is 2.24. The molecule has 24 heavy (non-hydrogen) atoms. The van der Waals surface area contributed by atoms with E-state index in [-0.39, 0.29) is 5.91 Å². The fraction of sp³-hybridized carbons (Fsp3) is 0.650. The van der Waals surface area contributed by atoms with Gasteiger partial charge in [-0.1, -0.05) is 13.8 Å². The molecule has 2 saturated heterocycles. The van der Waals surface area contributed by atoms with E-state index in [1.54, 1.807) is 0 Å². The van der Waals surface area contributed by atoms with Crippen LogP contribution in [0.25, 0.3) is 0 Å². The van der Waals surface area contributed by atoms with Crippen molar-refractivity contribution in [1.82, 2.24) is 4.90 Å². The number of rotatable bonds is 4. The highest BCUT2D eigenvalue weighted by atomic mass is 16.2. The average Bonchev–Trinajstić information content (AvgIpc) is 2.58. The number of hydrogen-bond donors (Lipinski definition) is 1. The number of nitrogens with one attached hydrogen (secondary N) is 1. The summed E-state index contributed by atoms with van der Waals surface area (Å²) in [6.45, 7) is 9.50. The molecule has 0 aromatic heterocycles. The van der Waals surface area contributed by atoms with Crippen molar-refractivity contribution in [3.05, 3.63) is 24.3 Å². The first-order chi connectivity index (χ1) is 11.6. The number of benzene rings is 1. The van der Waals surface area contributed by atoms with Gasteiger partial charge in [0, 0.05) is 24.5 Å². The summed E-state index contributed by atoms with van der Waals surface area (Å²) in [5.74, 6) is 1.75. The Labute approximate surface area is 146 Å². The molecule has 1 N–H and O–H groups in total. The highest BCUT2D eigenvalue weighted by molar-refractivity contribution is 5.92. The summed E-state index contributed by atoms with van der Waals surface area (Å²) in [4.78, 5) is 16.9. The Morgan fingerprint density at radius 2 is 1.50 bits per heavy atom. The topological polar surface area (TPSA) is 35.6 Å². The Hall–Kier alpha value is -1.55. The molecule has 3 rings (SSSR count). The predicted octanol–water partition coefficient (Wildman–Crippen LogP) is 3.59. The first-order valence-electron chi connectivity index (χ1n) is 9.47. The average molecular weight is 329 g/mol. The highest BCUT2D eigenvalue weighted by Gasteiger charge is 2.18. The molecule has 1 aromatic carbocycles. The van der Waals surface area contributed by atoms with E-state index in [1.165, 1.54) is 31.4 Å². The van der Waals surface area contributed by atoms with Gasteiger partial charge in [-0.05, 0) is 74.9 Å². The van der Waals surface area contributed by atoms with Crippen LogP contribution in [0, 0.1) is 11.8 Å². The molecule has 4 nitrogen and oxygen atoms in total. The molecule has 0 unspecified atom stereocenters. The molecule has 0 saturated carbocycles. The van der Waals surface area contributed by atoms with Crippen molar-refractivity contribution < 1.29 is 4.79 Å². The van der Waals surface area contributed by atoms with Crippen LogP contribution in [0.3, 0.4) is 0 Å². The van der Waals surface area contributed by atoms with E-state index in [0.717, 1.165) is 43.7 Å². The van der Waals surface area contributed by atoms with Crippen LogP contribution in [0.1, 0.15) is 39.5 Å². The Balaban J connectivity index is 1.48. The lowest BCUT2D eigenvalue weighted by molar-refractivity contribution is -0.117. The van der Waals surface area contributed by atoms with Gasteiger partial charge in [-0.2, -0.15) is 0 Å². The van der Waals surface area contributed by atoms with E-state index < -0.39 is 0 Å². The number of piperidine rings is 2. The van der Waals surface area contributed by atoms with Crippen LogP contribution < -0.4 is 10.2 Å². The second kappa shape index (κ2) is 8.02. The second-order valence-corrected chi connectivity index (χ2v) is 7.72. The van der Waals surface area contributed by atoms with Crippen molar-refractivity contribution in [1.29, 1.82) is 0 Å². The van der Waals surface area contributed by atoms with E-state index in [2.05, 4.69) is 41.1 Å². The number of anilines is 2. The lowest BCUT2D eigenvalue weighted by atomic mass is 9.99. The Kier molecular flexibility index (Phi) is 5.77. The first-order valence-corrected chi connectivity index (χ1v) is 9.47. The zero-order valence-corrected chi connectivity index (χ0v) is 15.1. The van der Waals surface area contributed by atoms with E-state index >= 15 is 0 Å². The summed E-state index contributed by atoms with van der Waals surface area (Å²) in [6, 6.07) is 8.33. The number of carbonyl (C=O) groups excluding carboxylic acids is 1. The van der Waals surface area contributed by atoms with Gasteiger partial charge in [0.05, 0.1) is 6.54 Å². The maximum absolute atomic E-state index is 12.2. The van der Waals surface area contributed by atoms with E-state index in [0.29, 0.717) is 6.54 Å². The molecule has 0 spiro atoms. The van der Waals surface area contributed by atoms with Gasteiger partial charge >= 0.3 is 0 Å². The Morgan fingerprint density at radius 3 is 2.08 bits per heavy atom. The number of carbonyl (C=O) groups is 1. The Bertz CT molecular complexity index is 526. The summed E-state index contributed by atoms with van der Waals surface area (Å²) in [5.41, 5.74) is 2.17. The SMILES string of the molecule is CC1CCN(CC(=O)Nc2ccc(N3CCC(C)CC3)cc2)CC1. The van der Waals surface area contributed by atoms with Crippen LogP contribution in [0.4, 0.5) is 11.4 Å². The molecule has 0 radical (unpaired) electrons. The van der Waals surface area contributed by atoms with Crippen molar-refractivity contribution in [2.75, 3.05) is 42.9 Å². The summed E-state index contributed by atoms with van der Waals surface area (Å²) in [7, 11) is 0. The van der Waals surface area contributed by atoms with E-state index in [1.807, 2.05) is 12.1 Å². The smallest absolute Gasteiger partial charge is 0.238 e. The largest absolute Gasteiger partial charge is 0.372 e. The van der Waals surface area contributed by atoms with Gasteiger partial charge in [-0.15, -0.1) is 0 Å². The minimum atomic E-state index is 0.101. The molecular formula is C20H31N3O. The van der Waals surface area contributed by atoms with Gasteiger partial charge in [-0.25, -0.2) is 0 Å². The fourth-order valence-electron chi connectivity index (χ4n) is 3.65. The molecule has 2 aliphatic rings. The summed E-state index contributed by atoms with van der Waals surface area (Å²) in [6.07, 6.45) is 4.95. The number of amides is 1. The molecule has 2 fully saturated rings. The summed E-state index contributed by atoms with van der Waals surface area (Å²) < 4.78 is 0. The van der Waals surface area contributed by atoms with Crippen molar-refractivity contribution in [2.45, 2.75) is 39.5 Å². The van der Waals surface area contributed by atoms with Crippen molar-refractivity contribution >= 4 is 17.3 Å². The maximum Gasteiger partial charge on any atom is 0.238 e. The standard InChI is InChI=1S/C20H31N3O/c1-16-7-11-22(12-8-16)15-20(24)21-18-3-5-19(6-4-18)23-13-9-17(2)10-14-23/h3-6,16-17H,7-15H2,1-2H3,(H,21,24). The third-order valence-corrected chi connectivity index (χ3v) is 5.54. The normalized spacial score (nSPS) is 21.0. The van der Waals surface area contributed by atoms with Crippen LogP contribution >= 0.6 is 0 Å². The molecule has 0 aliphatic carbocycles. The van der Waals surface area contributed by atoms with Crippen molar-refractivity contribution in [2.24, 2.45) is 11.8 Å². The zero-order chi connectivity index (χ0) is 16.9. The minimum Gasteiger partial charge on any atom is -0.372 e. The van der Waals surface area contributed by atoms with E-state index in [9.17, 15) is 4.79 Å². The summed E-state index contributed by atoms with van der Waals surface area (Å²) in [5, 5.41) is 3.04. The number of likely N-dealkylation sites (tertiary alicyclic amines) is 1. The van der Waals surface area contributed by atoms with Gasteiger partial charge in [-0.3, -0.25) is 9.69 Å². The minimum absolute atomic E-state index is 0.101. The molecule has 132 valence electrons. The second-order valence-electron chi connectivity index (χ2n) is 7.72. The van der Waals surface area contributed by atoms with Crippen LogP contribution in [-0.4, -0.2) is 43.5 Å². The molecule has 0 atom stereocenters. The third-order valence-electron chi connectivity index (χ3n) is 5.54. The molecule has 2 heterocycles. The maximum atomic E-state index is 12.2. The predicted molar refractivity (Wildman–Crippen MR) is 101 cm³/mol. The van der Waals surface area contributed by atoms with Crippen LogP contribution in [-0.2, 0) is 4.79 Å².